The van der Waals surface area contributed by atoms with Gasteiger partial charge in [-0.3, -0.25) is 38.4 Å². The molecule has 26 nitrogen and oxygen atoms in total. The second-order valence-electron chi connectivity index (χ2n) is 15.9. The number of carboxylic acids is 1. The minimum Gasteiger partial charge on any atom is -0.508 e. The number of phenols is 1. The van der Waals surface area contributed by atoms with Crippen molar-refractivity contribution < 1.29 is 89.1 Å². The van der Waals surface area contributed by atoms with Gasteiger partial charge in [0.2, 0.25) is 41.4 Å². The van der Waals surface area contributed by atoms with E-state index in [1.54, 1.807) is 13.8 Å². The largest absolute Gasteiger partial charge is 0.567 e. The van der Waals surface area contributed by atoms with Crippen LogP contribution >= 0.6 is 8.17 Å². The van der Waals surface area contributed by atoms with Crippen molar-refractivity contribution >= 4 is 61.4 Å². The van der Waals surface area contributed by atoms with E-state index in [9.17, 15) is 58.5 Å². The Hall–Kier alpha value is -5.60. The Balaban J connectivity index is 3.32. The number of hydrogen-bond donors (Lipinski definition) is 16. The second kappa shape index (κ2) is 27.7. The maximum atomic E-state index is 14.0. The molecule has 1 rings (SSSR count). The zero-order valence-electron chi connectivity index (χ0n) is 36.9. The third-order valence-corrected chi connectivity index (χ3v) is 9.99. The summed E-state index contributed by atoms with van der Waals surface area (Å²) in [6.07, 6.45) is -0.723. The summed E-state index contributed by atoms with van der Waals surface area (Å²) in [5.74, 6) is -10.9. The fourth-order valence-electron chi connectivity index (χ4n) is 5.84. The molecule has 21 N–H and O–H groups in total. The minimum atomic E-state index is -4.90. The lowest BCUT2D eigenvalue weighted by molar-refractivity contribution is -0.406. The predicted octanol–water partition coefficient (Wildman–Crippen LogP) is -6.69. The monoisotopic (exact) mass is 949 g/mol. The molecule has 1 aromatic rings. The number of carboxylic acid groups (broad SMARTS) is 1. The highest BCUT2D eigenvalue weighted by Crippen LogP contribution is 2.45. The molecule has 27 heteroatoms. The molecule has 0 fully saturated rings. The van der Waals surface area contributed by atoms with Gasteiger partial charge in [-0.05, 0) is 49.3 Å². The van der Waals surface area contributed by atoms with Crippen LogP contribution in [0.5, 0.6) is 5.75 Å². The zero-order chi connectivity index (χ0) is 49.8. The number of aliphatic hydroxyl groups is 1. The normalized spacial score (nSPS) is 15.2. The van der Waals surface area contributed by atoms with Gasteiger partial charge in [0.25, 0.3) is 5.91 Å². The molecule has 0 aromatic heterocycles. The average molecular weight is 950 g/mol. The summed E-state index contributed by atoms with van der Waals surface area (Å²) in [6, 6.07) is -4.99. The molecule has 0 heterocycles. The van der Waals surface area contributed by atoms with Crippen molar-refractivity contribution in [3.63, 3.8) is 0 Å². The lowest BCUT2D eigenvalue weighted by Crippen LogP contribution is -2.68. The van der Waals surface area contributed by atoms with Crippen LogP contribution in [-0.4, -0.2) is 151 Å². The molecule has 0 aliphatic rings. The number of aliphatic carboxylic acids is 1. The molecule has 8 atom stereocenters. The van der Waals surface area contributed by atoms with E-state index in [0.717, 1.165) is 13.3 Å². The summed E-state index contributed by atoms with van der Waals surface area (Å²) in [6.45, 7) is 6.18. The van der Waals surface area contributed by atoms with Crippen molar-refractivity contribution in [3.8, 4) is 5.75 Å². The van der Waals surface area contributed by atoms with Crippen LogP contribution in [0.3, 0.4) is 0 Å². The molecule has 0 spiro atoms. The summed E-state index contributed by atoms with van der Waals surface area (Å²) in [5, 5.41) is 46.0. The first-order valence-electron chi connectivity index (χ1n) is 20.6. The number of nitrogens with two attached hydrogens (primary N) is 1. The third kappa shape index (κ3) is 21.8. The number of carbonyl (C=O) groups is 9. The van der Waals surface area contributed by atoms with E-state index >= 15 is 0 Å². The molecule has 0 aliphatic heterocycles. The number of carbonyl (C=O) groups excluding carboxylic acids is 8. The smallest absolute Gasteiger partial charge is 0.508 e. The minimum absolute atomic E-state index is 0.112. The molecule has 0 aliphatic carbocycles. The predicted molar refractivity (Wildman–Crippen MR) is 227 cm³/mol. The number of nitrogens with one attached hydrogen (secondary N) is 7. The van der Waals surface area contributed by atoms with Gasteiger partial charge >= 0.3 is 14.1 Å². The number of quaternary nitrogens is 2. The van der Waals surface area contributed by atoms with E-state index in [2.05, 4.69) is 47.9 Å². The Morgan fingerprint density at radius 1 is 0.692 bits per heavy atom. The number of hydrogen-bond acceptors (Lipinski definition) is 15. The first-order chi connectivity index (χ1) is 30.2. The summed E-state index contributed by atoms with van der Waals surface area (Å²) >= 11 is 0. The van der Waals surface area contributed by atoms with Crippen LogP contribution in [0.1, 0.15) is 65.9 Å². The zero-order valence-corrected chi connectivity index (χ0v) is 37.8. The van der Waals surface area contributed by atoms with Crippen molar-refractivity contribution in [1.82, 2.24) is 37.2 Å². The van der Waals surface area contributed by atoms with Crippen LogP contribution in [0, 0.1) is 11.8 Å². The molecule has 0 radical (unpaired) electrons. The topological polar surface area (TPSA) is 450 Å². The van der Waals surface area contributed by atoms with E-state index in [-0.39, 0.29) is 12.2 Å². The van der Waals surface area contributed by atoms with Gasteiger partial charge in [-0.25, -0.2) is 4.79 Å². The first kappa shape index (κ1) is 57.4. The van der Waals surface area contributed by atoms with E-state index in [4.69, 9.17) is 20.4 Å². The SMILES string of the molecule is CC(C)[C@H](NC(=O)[C@H](Cc1ccc(O)cc1)NC(=O)[C@H](CC(N)=O)NC(=O)CNC(=O)[C@@H]([NH3+])CCCC[NH3+])C(=O)N[C@H](C(=O)N[C@H](C(=O)N[C@@H](CO[P+](O)(O)O)C(=O)O)[C@@H](C)O)C(C)C. The quantitative estimate of drug-likeness (QED) is 0.0262. The number of primary amides is 1. The maximum absolute atomic E-state index is 14.0. The van der Waals surface area contributed by atoms with Gasteiger partial charge in [0.15, 0.2) is 12.1 Å². The van der Waals surface area contributed by atoms with Gasteiger partial charge in [0.05, 0.1) is 25.6 Å². The lowest BCUT2D eigenvalue weighted by atomic mass is 9.98. The van der Waals surface area contributed by atoms with Crippen LogP contribution < -0.4 is 54.4 Å². The highest BCUT2D eigenvalue weighted by molar-refractivity contribution is 7.53. The van der Waals surface area contributed by atoms with Crippen molar-refractivity contribution in [2.24, 2.45) is 17.6 Å². The molecular weight excluding hydrogens is 883 g/mol. The molecule has 0 saturated carbocycles. The average Bonchev–Trinajstić information content (AvgIpc) is 3.20. The fraction of sp³-hybridized carbons (Fsp3) is 0.605. The molecular formula is C38H66N10O16P+3. The van der Waals surface area contributed by atoms with Crippen molar-refractivity contribution in [3.05, 3.63) is 29.8 Å². The van der Waals surface area contributed by atoms with Gasteiger partial charge in [-0.15, -0.1) is 0 Å². The van der Waals surface area contributed by atoms with Crippen molar-refractivity contribution in [1.29, 1.82) is 0 Å². The van der Waals surface area contributed by atoms with Crippen LogP contribution in [0.2, 0.25) is 0 Å². The molecule has 0 bridgehead atoms. The molecule has 0 unspecified atom stereocenters. The summed E-state index contributed by atoms with van der Waals surface area (Å²) < 4.78 is 4.27. The van der Waals surface area contributed by atoms with Crippen LogP contribution in [-0.2, 0) is 54.1 Å². The van der Waals surface area contributed by atoms with Crippen LogP contribution in [0.4, 0.5) is 0 Å². The van der Waals surface area contributed by atoms with Gasteiger partial charge in [-0.2, -0.15) is 19.2 Å². The Labute approximate surface area is 375 Å². The number of aromatic hydroxyl groups is 1. The second-order valence-corrected chi connectivity index (χ2v) is 17.2. The number of amides is 8. The third-order valence-electron chi connectivity index (χ3n) is 9.50. The number of phenolic OH excluding ortho intramolecular Hbond substituents is 1. The highest BCUT2D eigenvalue weighted by atomic mass is 31.2. The van der Waals surface area contributed by atoms with Gasteiger partial charge in [-0.1, -0.05) is 39.8 Å². The van der Waals surface area contributed by atoms with Gasteiger partial charge in [0.1, 0.15) is 42.6 Å². The summed E-state index contributed by atoms with van der Waals surface area (Å²) in [5.41, 5.74) is 13.3. The molecule has 1 aromatic carbocycles. The fourth-order valence-corrected chi connectivity index (χ4v) is 6.19. The summed E-state index contributed by atoms with van der Waals surface area (Å²) in [4.78, 5) is 144. The van der Waals surface area contributed by atoms with E-state index < -0.39 is 141 Å². The number of benzene rings is 1. The van der Waals surface area contributed by atoms with E-state index in [0.29, 0.717) is 24.9 Å². The van der Waals surface area contributed by atoms with Crippen LogP contribution in [0.25, 0.3) is 0 Å². The van der Waals surface area contributed by atoms with Crippen molar-refractivity contribution in [2.45, 2.75) is 115 Å². The summed E-state index contributed by atoms with van der Waals surface area (Å²) in [7, 11) is -4.90. The standard InChI is InChI=1S/C38H63N10O16P/c1-18(2)29(35(56)47-30(19(3)4)36(57)48-31(20(5)49)37(58)45-26(38(59)60)17-64-65(61,62)63)46-34(55)24(14-21-9-11-22(50)12-10-21)44-33(54)25(15-27(41)51)43-28(52)16-42-32(53)23(40)8-6-7-13-39/h9-12,18-20,23-26,29-31,49,61-63H,6-8,13-17,39-40H2,1-5H3,(H10-,41,42,43,44,45,46,47,48,50,51,52,53,54,55,56,57,58,59,60)/p+3/t20-,23+,24+,25+,26+,29+,30+,31+/m1/s1. The van der Waals surface area contributed by atoms with Crippen LogP contribution in [0.15, 0.2) is 24.3 Å². The highest BCUT2D eigenvalue weighted by Gasteiger charge is 2.39. The maximum Gasteiger partial charge on any atom is 0.567 e. The van der Waals surface area contributed by atoms with Gasteiger partial charge < -0.3 is 69.7 Å². The van der Waals surface area contributed by atoms with E-state index in [1.165, 1.54) is 38.1 Å². The Kier molecular flexibility index (Phi) is 24.4. The molecule has 0 saturated heterocycles. The van der Waals surface area contributed by atoms with E-state index in [1.807, 2.05) is 5.32 Å². The Morgan fingerprint density at radius 3 is 1.66 bits per heavy atom. The molecule has 366 valence electrons. The number of rotatable bonds is 29. The first-order valence-corrected chi connectivity index (χ1v) is 22.1. The van der Waals surface area contributed by atoms with Crippen molar-refractivity contribution in [2.75, 3.05) is 19.7 Å². The van der Waals surface area contributed by atoms with Gasteiger partial charge in [0, 0.05) is 12.8 Å². The number of unbranched alkanes of at least 4 members (excludes halogenated alkanes) is 1. The molecule has 8 amide bonds. The molecule has 65 heavy (non-hydrogen) atoms. The Morgan fingerprint density at radius 2 is 1.18 bits per heavy atom. The number of aliphatic hydroxyl groups excluding tert-OH is 1. The lowest BCUT2D eigenvalue weighted by Gasteiger charge is -2.30. The Bertz CT molecular complexity index is 1800.